The van der Waals surface area contributed by atoms with E-state index in [9.17, 15) is 5.11 Å². The monoisotopic (exact) mass is 262 g/mol. The maximum atomic E-state index is 9.27. The first kappa shape index (κ1) is 15.9. The predicted molar refractivity (Wildman–Crippen MR) is 80.0 cm³/mol. The van der Waals surface area contributed by atoms with Crippen LogP contribution in [0.1, 0.15) is 38.2 Å². The molecule has 0 radical (unpaired) electrons. The maximum Gasteiger partial charge on any atom is 0.0721 e. The molecule has 0 amide bonds. The highest BCUT2D eigenvalue weighted by molar-refractivity contribution is 5.13. The average molecular weight is 262 g/mol. The highest BCUT2D eigenvalue weighted by Crippen LogP contribution is 2.10. The minimum Gasteiger partial charge on any atom is -0.396 e. The van der Waals surface area contributed by atoms with Crippen molar-refractivity contribution in [3.63, 3.8) is 0 Å². The van der Waals surface area contributed by atoms with Crippen LogP contribution >= 0.6 is 0 Å². The SMILES string of the molecule is CCCCC[C@@H](/C=C\COCc1ccccc1)CO. The summed E-state index contributed by atoms with van der Waals surface area (Å²) in [6.07, 6.45) is 8.84. The van der Waals surface area contributed by atoms with Crippen molar-refractivity contribution in [2.45, 2.75) is 39.2 Å². The van der Waals surface area contributed by atoms with Crippen LogP contribution in [0.2, 0.25) is 0 Å². The van der Waals surface area contributed by atoms with Crippen molar-refractivity contribution in [3.05, 3.63) is 48.0 Å². The number of hydrogen-bond acceptors (Lipinski definition) is 2. The van der Waals surface area contributed by atoms with E-state index in [0.717, 1.165) is 6.42 Å². The van der Waals surface area contributed by atoms with Crippen LogP contribution in [0, 0.1) is 5.92 Å². The average Bonchev–Trinajstić information content (AvgIpc) is 2.46. The summed E-state index contributed by atoms with van der Waals surface area (Å²) in [5.74, 6) is 0.284. The molecule has 0 unspecified atom stereocenters. The van der Waals surface area contributed by atoms with Crippen LogP contribution in [0.3, 0.4) is 0 Å². The zero-order chi connectivity index (χ0) is 13.8. The molecule has 1 rings (SSSR count). The van der Waals surface area contributed by atoms with Crippen LogP contribution in [-0.2, 0) is 11.3 Å². The zero-order valence-electron chi connectivity index (χ0n) is 11.9. The number of ether oxygens (including phenoxy) is 1. The van der Waals surface area contributed by atoms with Gasteiger partial charge in [0.2, 0.25) is 0 Å². The second-order valence-corrected chi connectivity index (χ2v) is 4.87. The standard InChI is InChI=1S/C17H26O2/c1-2-3-5-9-16(14-18)12-8-13-19-15-17-10-6-4-7-11-17/h4,6-8,10-12,16,18H,2-3,5,9,13-15H2,1H3/b12-8-/t16-/m0/s1. The fraction of sp³-hybridized carbons (Fsp3) is 0.529. The zero-order valence-corrected chi connectivity index (χ0v) is 11.9. The van der Waals surface area contributed by atoms with Crippen molar-refractivity contribution < 1.29 is 9.84 Å². The summed E-state index contributed by atoms with van der Waals surface area (Å²) in [6.45, 7) is 3.68. The van der Waals surface area contributed by atoms with E-state index in [1.165, 1.54) is 24.8 Å². The molecule has 1 atom stereocenters. The lowest BCUT2D eigenvalue weighted by Gasteiger charge is -2.08. The van der Waals surface area contributed by atoms with E-state index < -0.39 is 0 Å². The highest BCUT2D eigenvalue weighted by atomic mass is 16.5. The molecule has 0 bridgehead atoms. The van der Waals surface area contributed by atoms with Gasteiger partial charge in [0, 0.05) is 6.61 Å². The molecule has 1 aromatic rings. The molecule has 0 spiro atoms. The summed E-state index contributed by atoms with van der Waals surface area (Å²) in [5, 5.41) is 9.27. The van der Waals surface area contributed by atoms with Crippen molar-refractivity contribution in [2.75, 3.05) is 13.2 Å². The molecule has 106 valence electrons. The molecule has 1 N–H and O–H groups in total. The minimum absolute atomic E-state index is 0.235. The quantitative estimate of drug-likeness (QED) is 0.511. The number of rotatable bonds is 10. The molecule has 0 aliphatic heterocycles. The van der Waals surface area contributed by atoms with Crippen molar-refractivity contribution in [1.29, 1.82) is 0 Å². The predicted octanol–water partition coefficient (Wildman–Crippen LogP) is 3.95. The first-order valence-corrected chi connectivity index (χ1v) is 7.26. The summed E-state index contributed by atoms with van der Waals surface area (Å²) < 4.78 is 5.57. The highest BCUT2D eigenvalue weighted by Gasteiger charge is 2.01. The van der Waals surface area contributed by atoms with Gasteiger partial charge in [-0.05, 0) is 17.9 Å². The first-order valence-electron chi connectivity index (χ1n) is 7.26. The van der Waals surface area contributed by atoms with Crippen molar-refractivity contribution in [3.8, 4) is 0 Å². The summed E-state index contributed by atoms with van der Waals surface area (Å²) in [5.41, 5.74) is 1.19. The summed E-state index contributed by atoms with van der Waals surface area (Å²) >= 11 is 0. The minimum atomic E-state index is 0.235. The second kappa shape index (κ2) is 10.8. The first-order chi connectivity index (χ1) is 9.36. The van der Waals surface area contributed by atoms with Crippen LogP contribution in [0.5, 0.6) is 0 Å². The van der Waals surface area contributed by atoms with Gasteiger partial charge < -0.3 is 9.84 Å². The van der Waals surface area contributed by atoms with Crippen molar-refractivity contribution in [2.24, 2.45) is 5.92 Å². The van der Waals surface area contributed by atoms with Crippen LogP contribution in [0.15, 0.2) is 42.5 Å². The van der Waals surface area contributed by atoms with E-state index in [4.69, 9.17) is 4.74 Å². The third kappa shape index (κ3) is 7.81. The molecule has 2 heteroatoms. The number of benzene rings is 1. The Morgan fingerprint density at radius 3 is 2.68 bits per heavy atom. The van der Waals surface area contributed by atoms with Gasteiger partial charge in [0.1, 0.15) is 0 Å². The van der Waals surface area contributed by atoms with Gasteiger partial charge in [-0.15, -0.1) is 0 Å². The topological polar surface area (TPSA) is 29.5 Å². The summed E-state index contributed by atoms with van der Waals surface area (Å²) in [4.78, 5) is 0. The van der Waals surface area contributed by atoms with Crippen molar-refractivity contribution >= 4 is 0 Å². The molecule has 0 fully saturated rings. The molecule has 0 saturated heterocycles. The van der Waals surface area contributed by atoms with Crippen LogP contribution in [0.4, 0.5) is 0 Å². The number of hydrogen-bond donors (Lipinski definition) is 1. The molecular formula is C17H26O2. The molecule has 0 heterocycles. The van der Waals surface area contributed by atoms with E-state index >= 15 is 0 Å². The Bertz CT molecular complexity index is 332. The van der Waals surface area contributed by atoms with Crippen LogP contribution in [0.25, 0.3) is 0 Å². The Morgan fingerprint density at radius 2 is 2.00 bits per heavy atom. The lowest BCUT2D eigenvalue weighted by Crippen LogP contribution is -2.03. The second-order valence-electron chi connectivity index (χ2n) is 4.87. The van der Waals surface area contributed by atoms with Gasteiger partial charge >= 0.3 is 0 Å². The molecule has 2 nitrogen and oxygen atoms in total. The van der Waals surface area contributed by atoms with Gasteiger partial charge in [0.25, 0.3) is 0 Å². The molecule has 0 aliphatic carbocycles. The Balaban J connectivity index is 2.14. The Labute approximate surface area is 117 Å². The smallest absolute Gasteiger partial charge is 0.0721 e. The molecule has 0 aliphatic rings. The molecule has 0 saturated carbocycles. The Kier molecular flexibility index (Phi) is 9.03. The van der Waals surface area contributed by atoms with E-state index in [0.29, 0.717) is 13.2 Å². The van der Waals surface area contributed by atoms with Gasteiger partial charge in [-0.3, -0.25) is 0 Å². The molecule has 0 aromatic heterocycles. The molecule has 1 aromatic carbocycles. The maximum absolute atomic E-state index is 9.27. The van der Waals surface area contributed by atoms with E-state index in [1.54, 1.807) is 0 Å². The number of aliphatic hydroxyl groups is 1. The van der Waals surface area contributed by atoms with E-state index in [-0.39, 0.29) is 12.5 Å². The van der Waals surface area contributed by atoms with Crippen LogP contribution < -0.4 is 0 Å². The third-order valence-corrected chi connectivity index (χ3v) is 3.15. The molecular weight excluding hydrogens is 236 g/mol. The number of aliphatic hydroxyl groups excluding tert-OH is 1. The van der Waals surface area contributed by atoms with Gasteiger partial charge in [0.15, 0.2) is 0 Å². The molecule has 19 heavy (non-hydrogen) atoms. The summed E-state index contributed by atoms with van der Waals surface area (Å²) in [7, 11) is 0. The van der Waals surface area contributed by atoms with E-state index in [1.807, 2.05) is 24.3 Å². The largest absolute Gasteiger partial charge is 0.396 e. The fourth-order valence-corrected chi connectivity index (χ4v) is 1.97. The Hall–Kier alpha value is -1.12. The normalized spacial score (nSPS) is 12.9. The third-order valence-electron chi connectivity index (χ3n) is 3.15. The van der Waals surface area contributed by atoms with Gasteiger partial charge in [-0.25, -0.2) is 0 Å². The lowest BCUT2D eigenvalue weighted by molar-refractivity contribution is 0.148. The lowest BCUT2D eigenvalue weighted by atomic mass is 10.0. The number of unbranched alkanes of at least 4 members (excludes halogenated alkanes) is 2. The van der Waals surface area contributed by atoms with Gasteiger partial charge in [0.05, 0.1) is 13.2 Å². The fourth-order valence-electron chi connectivity index (χ4n) is 1.97. The van der Waals surface area contributed by atoms with Gasteiger partial charge in [-0.1, -0.05) is 68.7 Å². The van der Waals surface area contributed by atoms with Gasteiger partial charge in [-0.2, -0.15) is 0 Å². The Morgan fingerprint density at radius 1 is 1.21 bits per heavy atom. The van der Waals surface area contributed by atoms with Crippen molar-refractivity contribution in [1.82, 2.24) is 0 Å². The van der Waals surface area contributed by atoms with Crippen LogP contribution in [-0.4, -0.2) is 18.3 Å². The summed E-state index contributed by atoms with van der Waals surface area (Å²) in [6, 6.07) is 10.2. The van der Waals surface area contributed by atoms with E-state index in [2.05, 4.69) is 25.1 Å².